The molecule has 0 saturated carbocycles. The van der Waals surface area contributed by atoms with Crippen LogP contribution >= 0.6 is 0 Å². The van der Waals surface area contributed by atoms with Crippen molar-refractivity contribution >= 4 is 10.0 Å². The summed E-state index contributed by atoms with van der Waals surface area (Å²) in [4.78, 5) is 4.22. The minimum Gasteiger partial charge on any atom is -0.334 e. The Morgan fingerprint density at radius 1 is 1.50 bits per heavy atom. The summed E-state index contributed by atoms with van der Waals surface area (Å²) >= 11 is 0. The van der Waals surface area contributed by atoms with E-state index in [1.54, 1.807) is 6.20 Å². The van der Waals surface area contributed by atoms with Crippen LogP contribution in [0.3, 0.4) is 0 Å². The molecule has 2 rings (SSSR count). The lowest BCUT2D eigenvalue weighted by molar-refractivity contribution is 0.249. The van der Waals surface area contributed by atoms with Crippen LogP contribution in [0.2, 0.25) is 0 Å². The lowest BCUT2D eigenvalue weighted by Gasteiger charge is -2.33. The quantitative estimate of drug-likeness (QED) is 0.898. The van der Waals surface area contributed by atoms with Crippen molar-refractivity contribution in [1.82, 2.24) is 13.9 Å². The summed E-state index contributed by atoms with van der Waals surface area (Å²) in [6.07, 6.45) is 3.30. The summed E-state index contributed by atoms with van der Waals surface area (Å²) in [6.45, 7) is 7.63. The Morgan fingerprint density at radius 3 is 2.80 bits per heavy atom. The van der Waals surface area contributed by atoms with Crippen molar-refractivity contribution in [3.05, 3.63) is 12.0 Å². The van der Waals surface area contributed by atoms with Gasteiger partial charge in [0.15, 0.2) is 5.03 Å². The second-order valence-corrected chi connectivity index (χ2v) is 7.50. The van der Waals surface area contributed by atoms with Crippen LogP contribution in [0.4, 0.5) is 0 Å². The van der Waals surface area contributed by atoms with E-state index in [2.05, 4.69) is 11.9 Å². The third kappa shape index (κ3) is 2.89. The average molecular weight is 300 g/mol. The zero-order chi connectivity index (χ0) is 14.9. The van der Waals surface area contributed by atoms with Crippen LogP contribution in [0.15, 0.2) is 11.2 Å². The Labute approximate surface area is 121 Å². The van der Waals surface area contributed by atoms with Gasteiger partial charge < -0.3 is 10.3 Å². The van der Waals surface area contributed by atoms with Crippen LogP contribution in [0.5, 0.6) is 0 Å². The Balaban J connectivity index is 2.24. The van der Waals surface area contributed by atoms with Gasteiger partial charge in [-0.15, -0.1) is 0 Å². The number of aryl methyl sites for hydroxylation is 2. The molecule has 1 aromatic heterocycles. The SMILES string of the molecule is CCCn1cc(S(=O)(=O)N2CCC(N)C(C)C2)nc1C. The number of imidazole rings is 1. The number of piperidine rings is 1. The highest BCUT2D eigenvalue weighted by Gasteiger charge is 2.33. The summed E-state index contributed by atoms with van der Waals surface area (Å²) in [7, 11) is -3.49. The van der Waals surface area contributed by atoms with Crippen molar-refractivity contribution in [2.75, 3.05) is 13.1 Å². The van der Waals surface area contributed by atoms with Crippen LogP contribution in [0.1, 0.15) is 32.5 Å². The summed E-state index contributed by atoms with van der Waals surface area (Å²) in [6, 6.07) is 0.0841. The highest BCUT2D eigenvalue weighted by atomic mass is 32.2. The maximum atomic E-state index is 12.6. The molecule has 2 heterocycles. The van der Waals surface area contributed by atoms with E-state index in [-0.39, 0.29) is 17.0 Å². The smallest absolute Gasteiger partial charge is 0.262 e. The average Bonchev–Trinajstić information content (AvgIpc) is 2.75. The number of hydrogen-bond acceptors (Lipinski definition) is 4. The van der Waals surface area contributed by atoms with E-state index < -0.39 is 10.0 Å². The Morgan fingerprint density at radius 2 is 2.20 bits per heavy atom. The third-order valence-corrected chi connectivity index (χ3v) is 5.69. The first-order chi connectivity index (χ1) is 9.36. The van der Waals surface area contributed by atoms with Crippen LogP contribution in [-0.4, -0.2) is 41.4 Å². The number of aromatic nitrogens is 2. The molecular weight excluding hydrogens is 276 g/mol. The molecule has 6 nitrogen and oxygen atoms in total. The Kier molecular flexibility index (Phi) is 4.51. The van der Waals surface area contributed by atoms with Gasteiger partial charge in [-0.25, -0.2) is 13.4 Å². The fraction of sp³-hybridized carbons (Fsp3) is 0.769. The van der Waals surface area contributed by atoms with E-state index in [0.29, 0.717) is 19.5 Å². The van der Waals surface area contributed by atoms with E-state index in [1.165, 1.54) is 4.31 Å². The first-order valence-corrected chi connectivity index (χ1v) is 8.59. The molecule has 1 aromatic rings. The van der Waals surface area contributed by atoms with Gasteiger partial charge >= 0.3 is 0 Å². The fourth-order valence-electron chi connectivity index (χ4n) is 2.55. The Bertz CT molecular complexity index is 567. The van der Waals surface area contributed by atoms with Crippen LogP contribution in [0, 0.1) is 12.8 Å². The molecule has 0 aromatic carbocycles. The van der Waals surface area contributed by atoms with Gasteiger partial charge in [0.1, 0.15) is 5.82 Å². The standard InChI is InChI=1S/C13H24N4O2S/c1-4-6-16-9-13(15-11(16)3)20(18,19)17-7-5-12(14)10(2)8-17/h9-10,12H,4-8,14H2,1-3H3. The normalized spacial score (nSPS) is 25.0. The second-order valence-electron chi connectivity index (χ2n) is 5.61. The summed E-state index contributed by atoms with van der Waals surface area (Å²) in [5.41, 5.74) is 5.95. The van der Waals surface area contributed by atoms with Crippen molar-refractivity contribution in [3.63, 3.8) is 0 Å². The van der Waals surface area contributed by atoms with Gasteiger partial charge in [0, 0.05) is 31.9 Å². The number of rotatable bonds is 4. The largest absolute Gasteiger partial charge is 0.334 e. The summed E-state index contributed by atoms with van der Waals surface area (Å²) < 4.78 is 28.6. The number of nitrogens with two attached hydrogens (primary N) is 1. The van der Waals surface area contributed by atoms with Gasteiger partial charge in [-0.05, 0) is 25.7 Å². The van der Waals surface area contributed by atoms with Gasteiger partial charge in [-0.2, -0.15) is 4.31 Å². The molecule has 2 unspecified atom stereocenters. The summed E-state index contributed by atoms with van der Waals surface area (Å²) in [5.74, 6) is 0.921. The minimum atomic E-state index is -3.49. The van der Waals surface area contributed by atoms with Crippen molar-refractivity contribution in [3.8, 4) is 0 Å². The molecule has 7 heteroatoms. The van der Waals surface area contributed by atoms with Crippen LogP contribution in [-0.2, 0) is 16.6 Å². The molecule has 2 N–H and O–H groups in total. The Hall–Kier alpha value is -0.920. The monoisotopic (exact) mass is 300 g/mol. The first-order valence-electron chi connectivity index (χ1n) is 7.15. The molecule has 2 atom stereocenters. The zero-order valence-electron chi connectivity index (χ0n) is 12.4. The van der Waals surface area contributed by atoms with Gasteiger partial charge in [0.2, 0.25) is 0 Å². The molecule has 20 heavy (non-hydrogen) atoms. The van der Waals surface area contributed by atoms with Gasteiger partial charge in [-0.1, -0.05) is 13.8 Å². The molecule has 0 radical (unpaired) electrons. The van der Waals surface area contributed by atoms with Crippen molar-refractivity contribution in [1.29, 1.82) is 0 Å². The highest BCUT2D eigenvalue weighted by Crippen LogP contribution is 2.22. The van der Waals surface area contributed by atoms with E-state index >= 15 is 0 Å². The molecule has 1 fully saturated rings. The zero-order valence-corrected chi connectivity index (χ0v) is 13.2. The first kappa shape index (κ1) is 15.5. The van der Waals surface area contributed by atoms with E-state index in [9.17, 15) is 8.42 Å². The second kappa shape index (κ2) is 5.83. The molecule has 0 aliphatic carbocycles. The van der Waals surface area contributed by atoms with E-state index in [4.69, 9.17) is 5.73 Å². The molecule has 0 spiro atoms. The topological polar surface area (TPSA) is 81.2 Å². The maximum absolute atomic E-state index is 12.6. The van der Waals surface area contributed by atoms with E-state index in [1.807, 2.05) is 18.4 Å². The third-order valence-electron chi connectivity index (χ3n) is 3.96. The number of hydrogen-bond donors (Lipinski definition) is 1. The fourth-order valence-corrected chi connectivity index (χ4v) is 4.10. The molecular formula is C13H24N4O2S. The maximum Gasteiger partial charge on any atom is 0.262 e. The lowest BCUT2D eigenvalue weighted by Crippen LogP contribution is -2.48. The molecule has 1 aliphatic heterocycles. The minimum absolute atomic E-state index is 0.0841. The lowest BCUT2D eigenvalue weighted by atomic mass is 9.96. The molecule has 0 amide bonds. The van der Waals surface area contributed by atoms with Gasteiger partial charge in [0.25, 0.3) is 10.0 Å². The predicted octanol–water partition coefficient (Wildman–Crippen LogP) is 0.959. The van der Waals surface area contributed by atoms with Crippen molar-refractivity contribution in [2.24, 2.45) is 11.7 Å². The highest BCUT2D eigenvalue weighted by molar-refractivity contribution is 7.89. The summed E-state index contributed by atoms with van der Waals surface area (Å²) in [5, 5.41) is 0.158. The van der Waals surface area contributed by atoms with Crippen molar-refractivity contribution < 1.29 is 8.42 Å². The predicted molar refractivity (Wildman–Crippen MR) is 77.8 cm³/mol. The van der Waals surface area contributed by atoms with Gasteiger partial charge in [0.05, 0.1) is 0 Å². The van der Waals surface area contributed by atoms with Crippen LogP contribution in [0.25, 0.3) is 0 Å². The molecule has 1 aliphatic rings. The molecule has 0 bridgehead atoms. The number of nitrogens with zero attached hydrogens (tertiary/aromatic N) is 3. The number of sulfonamides is 1. The van der Waals surface area contributed by atoms with E-state index in [0.717, 1.165) is 18.8 Å². The molecule has 114 valence electrons. The molecule has 1 saturated heterocycles. The van der Waals surface area contributed by atoms with Gasteiger partial charge in [-0.3, -0.25) is 0 Å². The van der Waals surface area contributed by atoms with Crippen LogP contribution < -0.4 is 5.73 Å². The van der Waals surface area contributed by atoms with Crippen molar-refractivity contribution in [2.45, 2.75) is 51.2 Å².